The minimum absolute atomic E-state index is 0.0474. The molecule has 1 atom stereocenters. The summed E-state index contributed by atoms with van der Waals surface area (Å²) < 4.78 is 13.7. The van der Waals surface area contributed by atoms with E-state index in [-0.39, 0.29) is 22.4 Å². The van der Waals surface area contributed by atoms with Crippen LogP contribution in [0, 0.1) is 5.82 Å². The normalized spacial score (nSPS) is 14.0. The van der Waals surface area contributed by atoms with E-state index in [9.17, 15) is 4.39 Å². The maximum absolute atomic E-state index is 13.7. The van der Waals surface area contributed by atoms with E-state index in [0.29, 0.717) is 5.56 Å². The Hall–Kier alpha value is -0.600. The Morgan fingerprint density at radius 2 is 1.93 bits per heavy atom. The van der Waals surface area contributed by atoms with E-state index in [1.165, 1.54) is 0 Å². The minimum Gasteiger partial charge on any atom is -0.305 e. The molecule has 0 aromatic heterocycles. The summed E-state index contributed by atoms with van der Waals surface area (Å²) in [5.41, 5.74) is 0.561. The Kier molecular flexibility index (Phi) is 3.74. The van der Waals surface area contributed by atoms with Crippen LogP contribution >= 0.6 is 11.6 Å². The molecular formula is C12H17ClFN. The Bertz CT molecular complexity index is 344. The van der Waals surface area contributed by atoms with Crippen LogP contribution in [-0.2, 0) is 0 Å². The lowest BCUT2D eigenvalue weighted by molar-refractivity contribution is 0.371. The molecule has 1 aromatic rings. The van der Waals surface area contributed by atoms with Crippen LogP contribution in [0.15, 0.2) is 18.2 Å². The third-order valence-corrected chi connectivity index (χ3v) is 2.39. The molecule has 0 amide bonds. The fourth-order valence-electron chi connectivity index (χ4n) is 1.58. The molecule has 0 aliphatic heterocycles. The smallest absolute Gasteiger partial charge is 0.146 e. The summed E-state index contributed by atoms with van der Waals surface area (Å²) in [5, 5.41) is 3.48. The molecule has 84 valence electrons. The molecule has 1 nitrogen and oxygen atoms in total. The van der Waals surface area contributed by atoms with Gasteiger partial charge in [0.2, 0.25) is 0 Å². The fraction of sp³-hybridized carbons (Fsp3) is 0.500. The second-order valence-electron chi connectivity index (χ2n) is 4.76. The van der Waals surface area contributed by atoms with Crippen molar-refractivity contribution in [3.05, 3.63) is 34.6 Å². The first kappa shape index (κ1) is 12.5. The minimum atomic E-state index is -0.330. The number of nitrogens with one attached hydrogen (secondary N) is 1. The predicted octanol–water partition coefficient (Wildman–Crippen LogP) is 3.93. The second kappa shape index (κ2) is 4.50. The topological polar surface area (TPSA) is 12.0 Å². The van der Waals surface area contributed by atoms with E-state index in [4.69, 9.17) is 11.6 Å². The summed E-state index contributed by atoms with van der Waals surface area (Å²) in [4.78, 5) is 0. The van der Waals surface area contributed by atoms with Gasteiger partial charge in [-0.1, -0.05) is 23.7 Å². The van der Waals surface area contributed by atoms with Gasteiger partial charge < -0.3 is 5.32 Å². The molecule has 0 bridgehead atoms. The van der Waals surface area contributed by atoms with Crippen molar-refractivity contribution in [2.75, 3.05) is 0 Å². The monoisotopic (exact) mass is 229 g/mol. The Morgan fingerprint density at radius 1 is 1.33 bits per heavy atom. The van der Waals surface area contributed by atoms with Crippen LogP contribution < -0.4 is 5.32 Å². The summed E-state index contributed by atoms with van der Waals surface area (Å²) >= 11 is 5.73. The van der Waals surface area contributed by atoms with Crippen molar-refractivity contribution >= 4 is 11.6 Å². The van der Waals surface area contributed by atoms with Crippen molar-refractivity contribution in [1.29, 1.82) is 0 Å². The zero-order valence-electron chi connectivity index (χ0n) is 9.57. The largest absolute Gasteiger partial charge is 0.305 e. The van der Waals surface area contributed by atoms with Crippen molar-refractivity contribution < 1.29 is 4.39 Å². The predicted molar refractivity (Wildman–Crippen MR) is 62.7 cm³/mol. The molecule has 0 aliphatic carbocycles. The molecule has 1 rings (SSSR count). The number of halogens is 2. The highest BCUT2D eigenvalue weighted by Gasteiger charge is 2.18. The number of rotatable bonds is 2. The van der Waals surface area contributed by atoms with E-state index >= 15 is 0 Å². The van der Waals surface area contributed by atoms with Crippen molar-refractivity contribution in [2.45, 2.75) is 39.3 Å². The Morgan fingerprint density at radius 3 is 2.47 bits per heavy atom. The van der Waals surface area contributed by atoms with Crippen LogP contribution in [0.2, 0.25) is 5.02 Å². The zero-order chi connectivity index (χ0) is 11.6. The number of benzene rings is 1. The quantitative estimate of drug-likeness (QED) is 0.811. The average molecular weight is 230 g/mol. The van der Waals surface area contributed by atoms with Gasteiger partial charge in [0, 0.05) is 17.1 Å². The molecular weight excluding hydrogens is 213 g/mol. The number of hydrogen-bond donors (Lipinski definition) is 1. The first-order chi connectivity index (χ1) is 6.81. The summed E-state index contributed by atoms with van der Waals surface area (Å²) in [6.07, 6.45) is 0. The van der Waals surface area contributed by atoms with Gasteiger partial charge in [-0.25, -0.2) is 4.39 Å². The summed E-state index contributed by atoms with van der Waals surface area (Å²) in [7, 11) is 0. The zero-order valence-corrected chi connectivity index (χ0v) is 10.3. The SMILES string of the molecule is C[C@@H](NC(C)(C)C)c1cccc(Cl)c1F. The number of hydrogen-bond acceptors (Lipinski definition) is 1. The summed E-state index contributed by atoms with van der Waals surface area (Å²) in [6, 6.07) is 5.03. The second-order valence-corrected chi connectivity index (χ2v) is 5.17. The van der Waals surface area contributed by atoms with Crippen molar-refractivity contribution in [3.63, 3.8) is 0 Å². The van der Waals surface area contributed by atoms with Gasteiger partial charge in [0.05, 0.1) is 5.02 Å². The van der Waals surface area contributed by atoms with Gasteiger partial charge in [-0.2, -0.15) is 0 Å². The maximum atomic E-state index is 13.7. The summed E-state index contributed by atoms with van der Waals surface area (Å²) in [5.74, 6) is -0.330. The van der Waals surface area contributed by atoms with E-state index in [1.807, 2.05) is 27.7 Å². The van der Waals surface area contributed by atoms with Crippen molar-refractivity contribution in [2.24, 2.45) is 0 Å². The highest BCUT2D eigenvalue weighted by Crippen LogP contribution is 2.24. The van der Waals surface area contributed by atoms with Gasteiger partial charge in [-0.3, -0.25) is 0 Å². The molecule has 0 radical (unpaired) electrons. The van der Waals surface area contributed by atoms with E-state index in [0.717, 1.165) is 0 Å². The molecule has 0 unspecified atom stereocenters. The summed E-state index contributed by atoms with van der Waals surface area (Å²) in [6.45, 7) is 8.07. The van der Waals surface area contributed by atoms with Crippen LogP contribution in [0.5, 0.6) is 0 Å². The van der Waals surface area contributed by atoms with E-state index < -0.39 is 0 Å². The highest BCUT2D eigenvalue weighted by molar-refractivity contribution is 6.30. The Labute approximate surface area is 95.6 Å². The molecule has 0 saturated carbocycles. The van der Waals surface area contributed by atoms with Gasteiger partial charge in [0.15, 0.2) is 0 Å². The van der Waals surface area contributed by atoms with Gasteiger partial charge in [0.1, 0.15) is 5.82 Å². The molecule has 0 saturated heterocycles. The van der Waals surface area contributed by atoms with Crippen LogP contribution in [0.1, 0.15) is 39.3 Å². The maximum Gasteiger partial charge on any atom is 0.146 e. The highest BCUT2D eigenvalue weighted by atomic mass is 35.5. The lowest BCUT2D eigenvalue weighted by atomic mass is 10.0. The molecule has 3 heteroatoms. The van der Waals surface area contributed by atoms with Gasteiger partial charge in [0.25, 0.3) is 0 Å². The average Bonchev–Trinajstić information content (AvgIpc) is 2.06. The molecule has 1 aromatic carbocycles. The third kappa shape index (κ3) is 3.47. The van der Waals surface area contributed by atoms with Gasteiger partial charge in [-0.05, 0) is 33.8 Å². The van der Waals surface area contributed by atoms with Crippen molar-refractivity contribution in [3.8, 4) is 0 Å². The molecule has 0 fully saturated rings. The molecule has 0 spiro atoms. The van der Waals surface area contributed by atoms with Crippen LogP contribution in [0.4, 0.5) is 4.39 Å². The molecule has 15 heavy (non-hydrogen) atoms. The molecule has 0 heterocycles. The van der Waals surface area contributed by atoms with Crippen LogP contribution in [0.3, 0.4) is 0 Å². The fourth-order valence-corrected chi connectivity index (χ4v) is 1.76. The third-order valence-electron chi connectivity index (χ3n) is 2.10. The Balaban J connectivity index is 2.92. The van der Waals surface area contributed by atoms with Crippen LogP contribution in [-0.4, -0.2) is 5.54 Å². The molecule has 0 aliphatic rings. The first-order valence-corrected chi connectivity index (χ1v) is 5.40. The molecule has 1 N–H and O–H groups in total. The van der Waals surface area contributed by atoms with Crippen LogP contribution in [0.25, 0.3) is 0 Å². The van der Waals surface area contributed by atoms with E-state index in [1.54, 1.807) is 18.2 Å². The van der Waals surface area contributed by atoms with Gasteiger partial charge >= 0.3 is 0 Å². The first-order valence-electron chi connectivity index (χ1n) is 5.03. The van der Waals surface area contributed by atoms with E-state index in [2.05, 4.69) is 5.32 Å². The lowest BCUT2D eigenvalue weighted by Crippen LogP contribution is -2.37. The standard InChI is InChI=1S/C12H17ClFN/c1-8(15-12(2,3)4)9-6-5-7-10(13)11(9)14/h5-8,15H,1-4H3/t8-/m1/s1. The van der Waals surface area contributed by atoms with Crippen molar-refractivity contribution in [1.82, 2.24) is 5.32 Å². The van der Waals surface area contributed by atoms with Gasteiger partial charge in [-0.15, -0.1) is 0 Å². The lowest BCUT2D eigenvalue weighted by Gasteiger charge is -2.26.